The molecule has 2 aliphatic rings. The third-order valence-corrected chi connectivity index (χ3v) is 4.86. The molecule has 0 unspecified atom stereocenters. The van der Waals surface area contributed by atoms with Gasteiger partial charge in [0.05, 0.1) is 6.04 Å². The van der Waals surface area contributed by atoms with Crippen molar-refractivity contribution in [3.05, 3.63) is 5.82 Å². The van der Waals surface area contributed by atoms with E-state index in [9.17, 15) is 4.79 Å². The van der Waals surface area contributed by atoms with Crippen molar-refractivity contribution in [3.8, 4) is 0 Å². The Labute approximate surface area is 147 Å². The van der Waals surface area contributed by atoms with Gasteiger partial charge in [0.25, 0.3) is 0 Å². The molecule has 0 saturated carbocycles. The van der Waals surface area contributed by atoms with E-state index < -0.39 is 0 Å². The normalized spacial score (nSPS) is 21.8. The van der Waals surface area contributed by atoms with Crippen LogP contribution >= 0.6 is 36.3 Å². The topological polar surface area (TPSA) is 61.4 Å². The molecule has 6 nitrogen and oxygen atoms in total. The molecule has 3 rings (SSSR count). The van der Waals surface area contributed by atoms with Gasteiger partial charge in [-0.15, -0.1) is 24.8 Å². The minimum absolute atomic E-state index is 0. The van der Waals surface area contributed by atoms with E-state index in [0.717, 1.165) is 56.5 Å². The van der Waals surface area contributed by atoms with Crippen LogP contribution in [0.5, 0.6) is 0 Å². The molecule has 1 aromatic rings. The van der Waals surface area contributed by atoms with Crippen molar-refractivity contribution in [1.29, 1.82) is 0 Å². The highest BCUT2D eigenvalue weighted by atomic mass is 35.5. The Morgan fingerprint density at radius 2 is 1.95 bits per heavy atom. The first-order valence-electron chi connectivity index (χ1n) is 7.31. The van der Waals surface area contributed by atoms with Crippen LogP contribution in [0.4, 0.5) is 5.13 Å². The zero-order valence-corrected chi connectivity index (χ0v) is 15.1. The van der Waals surface area contributed by atoms with Crippen LogP contribution in [0, 0.1) is 6.92 Å². The Morgan fingerprint density at radius 3 is 2.50 bits per heavy atom. The number of anilines is 1. The molecule has 0 aliphatic carbocycles. The van der Waals surface area contributed by atoms with E-state index in [-0.39, 0.29) is 36.8 Å². The lowest BCUT2D eigenvalue weighted by Crippen LogP contribution is -2.55. The summed E-state index contributed by atoms with van der Waals surface area (Å²) in [5, 5.41) is 4.31. The average molecular weight is 368 g/mol. The summed E-state index contributed by atoms with van der Waals surface area (Å²) in [5.41, 5.74) is 0. The van der Waals surface area contributed by atoms with Gasteiger partial charge in [-0.1, -0.05) is 6.42 Å². The number of hydrogen-bond acceptors (Lipinski definition) is 6. The summed E-state index contributed by atoms with van der Waals surface area (Å²) < 4.78 is 4.22. The lowest BCUT2D eigenvalue weighted by atomic mass is 10.0. The van der Waals surface area contributed by atoms with Crippen LogP contribution in [0.15, 0.2) is 0 Å². The molecule has 0 bridgehead atoms. The average Bonchev–Trinajstić information content (AvgIpc) is 2.94. The highest BCUT2D eigenvalue weighted by molar-refractivity contribution is 7.09. The van der Waals surface area contributed by atoms with Gasteiger partial charge in [0.15, 0.2) is 0 Å². The van der Waals surface area contributed by atoms with Gasteiger partial charge >= 0.3 is 0 Å². The Kier molecular flexibility index (Phi) is 7.82. The third-order valence-electron chi connectivity index (χ3n) is 3.99. The monoisotopic (exact) mass is 367 g/mol. The number of carbonyl (C=O) groups excluding carboxylic acids is 1. The van der Waals surface area contributed by atoms with Gasteiger partial charge in [-0.05, 0) is 26.3 Å². The van der Waals surface area contributed by atoms with Crippen molar-refractivity contribution in [2.24, 2.45) is 0 Å². The minimum atomic E-state index is 0. The van der Waals surface area contributed by atoms with Gasteiger partial charge < -0.3 is 15.1 Å². The summed E-state index contributed by atoms with van der Waals surface area (Å²) in [6.45, 7) is 6.17. The highest BCUT2D eigenvalue weighted by Crippen LogP contribution is 2.19. The largest absolute Gasteiger partial charge is 0.343 e. The van der Waals surface area contributed by atoms with Gasteiger partial charge in [0.1, 0.15) is 5.82 Å². The van der Waals surface area contributed by atoms with E-state index >= 15 is 0 Å². The Morgan fingerprint density at radius 1 is 1.23 bits per heavy atom. The summed E-state index contributed by atoms with van der Waals surface area (Å²) in [5.74, 6) is 1.10. The quantitative estimate of drug-likeness (QED) is 0.857. The standard InChI is InChI=1S/C13H21N5OS.2ClH/c1-10-15-13(20-16-10)18-8-6-17(7-9-18)12(19)11-4-2-3-5-14-11;;/h11,14H,2-9H2,1H3;2*1H/t11-;;/m1../s1. The van der Waals surface area contributed by atoms with Crippen molar-refractivity contribution in [2.75, 3.05) is 37.6 Å². The number of piperidine rings is 1. The highest BCUT2D eigenvalue weighted by Gasteiger charge is 2.28. The van der Waals surface area contributed by atoms with E-state index in [2.05, 4.69) is 19.6 Å². The smallest absolute Gasteiger partial charge is 0.239 e. The van der Waals surface area contributed by atoms with Crippen molar-refractivity contribution >= 4 is 47.4 Å². The van der Waals surface area contributed by atoms with Crippen molar-refractivity contribution < 1.29 is 4.79 Å². The van der Waals surface area contributed by atoms with Crippen molar-refractivity contribution in [1.82, 2.24) is 19.6 Å². The Balaban J connectivity index is 0.00000121. The van der Waals surface area contributed by atoms with Crippen LogP contribution in [0.2, 0.25) is 0 Å². The number of piperazine rings is 1. The van der Waals surface area contributed by atoms with E-state index in [4.69, 9.17) is 0 Å². The van der Waals surface area contributed by atoms with E-state index in [1.165, 1.54) is 18.0 Å². The number of carbonyl (C=O) groups is 1. The summed E-state index contributed by atoms with van der Waals surface area (Å²) in [4.78, 5) is 21.0. The van der Waals surface area contributed by atoms with Crippen LogP contribution in [0.25, 0.3) is 0 Å². The second-order valence-corrected chi connectivity index (χ2v) is 6.17. The molecular weight excluding hydrogens is 345 g/mol. The number of aryl methyl sites for hydroxylation is 1. The number of hydrogen-bond donors (Lipinski definition) is 1. The van der Waals surface area contributed by atoms with E-state index in [1.54, 1.807) is 0 Å². The SMILES string of the molecule is Cc1nsc(N2CCN(C(=O)[C@H]3CCCCN3)CC2)n1.Cl.Cl. The number of amides is 1. The van der Waals surface area contributed by atoms with Gasteiger partial charge in [-0.25, -0.2) is 4.98 Å². The summed E-state index contributed by atoms with van der Waals surface area (Å²) in [6.07, 6.45) is 3.33. The summed E-state index contributed by atoms with van der Waals surface area (Å²) in [6, 6.07) is 0.0408. The predicted molar refractivity (Wildman–Crippen MR) is 93.6 cm³/mol. The maximum Gasteiger partial charge on any atom is 0.239 e. The molecule has 2 saturated heterocycles. The first-order valence-corrected chi connectivity index (χ1v) is 8.09. The predicted octanol–water partition coefficient (Wildman–Crippen LogP) is 1.48. The second kappa shape index (κ2) is 8.86. The first kappa shape index (κ1) is 19.4. The number of aromatic nitrogens is 2. The molecule has 1 atom stereocenters. The van der Waals surface area contributed by atoms with Crippen LogP contribution in [0.3, 0.4) is 0 Å². The van der Waals surface area contributed by atoms with Gasteiger partial charge in [0, 0.05) is 37.7 Å². The minimum Gasteiger partial charge on any atom is -0.343 e. The number of halogens is 2. The zero-order valence-electron chi connectivity index (χ0n) is 12.7. The van der Waals surface area contributed by atoms with Crippen LogP contribution in [0.1, 0.15) is 25.1 Å². The molecule has 126 valence electrons. The maximum absolute atomic E-state index is 12.4. The van der Waals surface area contributed by atoms with Crippen molar-refractivity contribution in [2.45, 2.75) is 32.2 Å². The number of rotatable bonds is 2. The fourth-order valence-electron chi connectivity index (χ4n) is 2.82. The fourth-order valence-corrected chi connectivity index (χ4v) is 3.54. The molecular formula is C13H23Cl2N5OS. The molecule has 1 aromatic heterocycles. The third kappa shape index (κ3) is 4.44. The van der Waals surface area contributed by atoms with Gasteiger partial charge in [-0.3, -0.25) is 4.79 Å². The molecule has 22 heavy (non-hydrogen) atoms. The summed E-state index contributed by atoms with van der Waals surface area (Å²) >= 11 is 1.44. The lowest BCUT2D eigenvalue weighted by molar-refractivity contribution is -0.134. The van der Waals surface area contributed by atoms with Gasteiger partial charge in [-0.2, -0.15) is 4.37 Å². The van der Waals surface area contributed by atoms with E-state index in [0.29, 0.717) is 0 Å². The molecule has 3 heterocycles. The summed E-state index contributed by atoms with van der Waals surface area (Å²) in [7, 11) is 0. The maximum atomic E-state index is 12.4. The molecule has 2 fully saturated rings. The number of nitrogens with one attached hydrogen (secondary N) is 1. The molecule has 2 aliphatic heterocycles. The van der Waals surface area contributed by atoms with Crippen LogP contribution < -0.4 is 10.2 Å². The molecule has 1 N–H and O–H groups in total. The Bertz CT molecular complexity index is 473. The lowest BCUT2D eigenvalue weighted by Gasteiger charge is -2.37. The zero-order chi connectivity index (χ0) is 13.9. The molecule has 0 radical (unpaired) electrons. The Hall–Kier alpha value is -0.630. The number of nitrogens with zero attached hydrogens (tertiary/aromatic N) is 4. The first-order chi connectivity index (χ1) is 9.74. The molecule has 9 heteroatoms. The molecule has 1 amide bonds. The van der Waals surface area contributed by atoms with Crippen molar-refractivity contribution in [3.63, 3.8) is 0 Å². The van der Waals surface area contributed by atoms with Crippen LogP contribution in [-0.2, 0) is 4.79 Å². The molecule has 0 spiro atoms. The fraction of sp³-hybridized carbons (Fsp3) is 0.769. The molecule has 0 aromatic carbocycles. The van der Waals surface area contributed by atoms with Gasteiger partial charge in [0.2, 0.25) is 11.0 Å². The second-order valence-electron chi connectivity index (χ2n) is 5.44. The van der Waals surface area contributed by atoms with Crippen LogP contribution in [-0.4, -0.2) is 58.9 Å². The van der Waals surface area contributed by atoms with E-state index in [1.807, 2.05) is 11.8 Å².